The summed E-state index contributed by atoms with van der Waals surface area (Å²) < 4.78 is 5.37. The third kappa shape index (κ3) is 4.85. The lowest BCUT2D eigenvalue weighted by Gasteiger charge is -2.12. The van der Waals surface area contributed by atoms with Crippen LogP contribution in [0.2, 0.25) is 0 Å². The molecule has 0 spiro atoms. The van der Waals surface area contributed by atoms with Gasteiger partial charge in [0.1, 0.15) is 5.75 Å². The minimum Gasteiger partial charge on any atom is -0.494 e. The summed E-state index contributed by atoms with van der Waals surface area (Å²) in [6.07, 6.45) is 1.60. The van der Waals surface area contributed by atoms with E-state index in [1.807, 2.05) is 62.3 Å². The number of hydrogen-bond donors (Lipinski definition) is 1. The van der Waals surface area contributed by atoms with Gasteiger partial charge in [0, 0.05) is 25.3 Å². The van der Waals surface area contributed by atoms with E-state index in [2.05, 4.69) is 10.5 Å². The van der Waals surface area contributed by atoms with Crippen molar-refractivity contribution in [2.75, 3.05) is 25.6 Å². The van der Waals surface area contributed by atoms with E-state index < -0.39 is 0 Å². The molecule has 23 heavy (non-hydrogen) atoms. The normalized spacial score (nSPS) is 10.6. The molecule has 0 unspecified atom stereocenters. The van der Waals surface area contributed by atoms with Crippen LogP contribution in [0.25, 0.3) is 0 Å². The number of nitrogens with one attached hydrogen (secondary N) is 1. The van der Waals surface area contributed by atoms with Crippen molar-refractivity contribution in [2.24, 2.45) is 5.10 Å². The molecule has 0 aromatic heterocycles. The van der Waals surface area contributed by atoms with Gasteiger partial charge in [-0.25, -0.2) is 5.43 Å². The summed E-state index contributed by atoms with van der Waals surface area (Å²) in [4.78, 5) is 14.0. The van der Waals surface area contributed by atoms with Crippen molar-refractivity contribution in [3.8, 4) is 5.75 Å². The Labute approximate surface area is 136 Å². The third-order valence-electron chi connectivity index (χ3n) is 3.22. The Morgan fingerprint density at radius 2 is 1.78 bits per heavy atom. The molecule has 2 aromatic rings. The second kappa shape index (κ2) is 7.98. The highest BCUT2D eigenvalue weighted by Crippen LogP contribution is 2.12. The zero-order chi connectivity index (χ0) is 16.7. The molecule has 0 heterocycles. The van der Waals surface area contributed by atoms with Crippen LogP contribution in [0.1, 0.15) is 22.8 Å². The molecule has 0 bridgehead atoms. The summed E-state index contributed by atoms with van der Waals surface area (Å²) in [5.74, 6) is 0.576. The molecule has 2 aromatic carbocycles. The van der Waals surface area contributed by atoms with Crippen molar-refractivity contribution >= 4 is 17.8 Å². The highest BCUT2D eigenvalue weighted by molar-refractivity contribution is 5.95. The first-order valence-corrected chi connectivity index (χ1v) is 7.44. The first kappa shape index (κ1) is 16.5. The molecule has 0 aliphatic heterocycles. The number of rotatable bonds is 6. The van der Waals surface area contributed by atoms with Gasteiger partial charge in [-0.1, -0.05) is 0 Å². The Balaban J connectivity index is 1.92. The van der Waals surface area contributed by atoms with Gasteiger partial charge in [0.25, 0.3) is 5.91 Å². The summed E-state index contributed by atoms with van der Waals surface area (Å²) in [5, 5.41) is 3.98. The van der Waals surface area contributed by atoms with E-state index in [0.717, 1.165) is 17.0 Å². The fourth-order valence-electron chi connectivity index (χ4n) is 1.96. The van der Waals surface area contributed by atoms with Gasteiger partial charge < -0.3 is 9.64 Å². The van der Waals surface area contributed by atoms with Crippen molar-refractivity contribution in [2.45, 2.75) is 6.92 Å². The largest absolute Gasteiger partial charge is 0.494 e. The minimum absolute atomic E-state index is 0.238. The van der Waals surface area contributed by atoms with E-state index in [-0.39, 0.29) is 5.91 Å². The number of nitrogens with zero attached hydrogens (tertiary/aromatic N) is 2. The Hall–Kier alpha value is -2.82. The van der Waals surface area contributed by atoms with Crippen LogP contribution < -0.4 is 15.1 Å². The van der Waals surface area contributed by atoms with E-state index in [1.54, 1.807) is 18.3 Å². The summed E-state index contributed by atoms with van der Waals surface area (Å²) in [6, 6.07) is 14.8. The van der Waals surface area contributed by atoms with Crippen LogP contribution >= 0.6 is 0 Å². The smallest absolute Gasteiger partial charge is 0.271 e. The van der Waals surface area contributed by atoms with Gasteiger partial charge in [-0.05, 0) is 61.0 Å². The second-order valence-corrected chi connectivity index (χ2v) is 5.14. The highest BCUT2D eigenvalue weighted by atomic mass is 16.5. The fourth-order valence-corrected chi connectivity index (χ4v) is 1.96. The number of ether oxygens (including phenoxy) is 1. The standard InChI is InChI=1S/C18H21N3O2/c1-4-23-17-11-5-14(6-12-17)13-19-20-18(22)15-7-9-16(10-8-15)21(2)3/h5-13H,4H2,1-3H3,(H,20,22). The minimum atomic E-state index is -0.238. The molecule has 0 radical (unpaired) electrons. The molecule has 5 nitrogen and oxygen atoms in total. The number of anilines is 1. The highest BCUT2D eigenvalue weighted by Gasteiger charge is 2.04. The van der Waals surface area contributed by atoms with Crippen molar-refractivity contribution in [1.82, 2.24) is 5.43 Å². The summed E-state index contributed by atoms with van der Waals surface area (Å²) in [7, 11) is 3.91. The van der Waals surface area contributed by atoms with E-state index >= 15 is 0 Å². The average Bonchev–Trinajstić information content (AvgIpc) is 2.56. The number of hydrogen-bond acceptors (Lipinski definition) is 4. The van der Waals surface area contributed by atoms with Gasteiger partial charge in [-0.15, -0.1) is 0 Å². The lowest BCUT2D eigenvalue weighted by Crippen LogP contribution is -2.17. The maximum atomic E-state index is 12.0. The van der Waals surface area contributed by atoms with Crippen LogP contribution in [0, 0.1) is 0 Å². The van der Waals surface area contributed by atoms with Crippen molar-refractivity contribution in [3.63, 3.8) is 0 Å². The fraction of sp³-hybridized carbons (Fsp3) is 0.222. The maximum Gasteiger partial charge on any atom is 0.271 e. The summed E-state index contributed by atoms with van der Waals surface area (Å²) in [6.45, 7) is 2.58. The first-order chi connectivity index (χ1) is 11.1. The quantitative estimate of drug-likeness (QED) is 0.659. The van der Waals surface area contributed by atoms with Gasteiger partial charge in [0.2, 0.25) is 0 Å². The zero-order valence-electron chi connectivity index (χ0n) is 13.6. The number of benzene rings is 2. The third-order valence-corrected chi connectivity index (χ3v) is 3.22. The van der Waals surface area contributed by atoms with Crippen LogP contribution in [0.15, 0.2) is 53.6 Å². The van der Waals surface area contributed by atoms with Gasteiger partial charge in [0.15, 0.2) is 0 Å². The summed E-state index contributed by atoms with van der Waals surface area (Å²) in [5.41, 5.74) is 5.02. The van der Waals surface area contributed by atoms with Crippen LogP contribution in [-0.4, -0.2) is 32.8 Å². The number of carbonyl (C=O) groups excluding carboxylic acids is 1. The molecular weight excluding hydrogens is 290 g/mol. The molecule has 5 heteroatoms. The Bertz CT molecular complexity index is 662. The van der Waals surface area contributed by atoms with Crippen molar-refractivity contribution in [3.05, 3.63) is 59.7 Å². The molecule has 0 fully saturated rings. The predicted molar refractivity (Wildman–Crippen MR) is 93.4 cm³/mol. The molecule has 0 saturated carbocycles. The molecule has 2 rings (SSSR count). The predicted octanol–water partition coefficient (Wildman–Crippen LogP) is 2.92. The van der Waals surface area contributed by atoms with Gasteiger partial charge in [0.05, 0.1) is 12.8 Å². The van der Waals surface area contributed by atoms with Gasteiger partial charge in [-0.3, -0.25) is 4.79 Å². The maximum absolute atomic E-state index is 12.0. The SMILES string of the molecule is CCOc1ccc(C=NNC(=O)c2ccc(N(C)C)cc2)cc1. The molecule has 0 aliphatic carbocycles. The molecule has 1 N–H and O–H groups in total. The van der Waals surface area contributed by atoms with Gasteiger partial charge in [-0.2, -0.15) is 5.10 Å². The van der Waals surface area contributed by atoms with E-state index in [0.29, 0.717) is 12.2 Å². The molecular formula is C18H21N3O2. The lowest BCUT2D eigenvalue weighted by molar-refractivity contribution is 0.0955. The monoisotopic (exact) mass is 311 g/mol. The Kier molecular flexibility index (Phi) is 5.74. The molecule has 0 aliphatic rings. The van der Waals surface area contributed by atoms with E-state index in [9.17, 15) is 4.79 Å². The first-order valence-electron chi connectivity index (χ1n) is 7.44. The summed E-state index contributed by atoms with van der Waals surface area (Å²) >= 11 is 0. The zero-order valence-corrected chi connectivity index (χ0v) is 13.6. The van der Waals surface area contributed by atoms with Crippen LogP contribution in [0.3, 0.4) is 0 Å². The number of hydrazone groups is 1. The number of carbonyl (C=O) groups is 1. The topological polar surface area (TPSA) is 53.9 Å². The van der Waals surface area contributed by atoms with Crippen molar-refractivity contribution < 1.29 is 9.53 Å². The molecule has 0 atom stereocenters. The van der Waals surface area contributed by atoms with Crippen LogP contribution in [-0.2, 0) is 0 Å². The van der Waals surface area contributed by atoms with E-state index in [4.69, 9.17) is 4.74 Å². The molecule has 0 saturated heterocycles. The van der Waals surface area contributed by atoms with Crippen LogP contribution in [0.4, 0.5) is 5.69 Å². The lowest BCUT2D eigenvalue weighted by atomic mass is 10.2. The molecule has 1 amide bonds. The number of amides is 1. The van der Waals surface area contributed by atoms with Crippen molar-refractivity contribution in [1.29, 1.82) is 0 Å². The molecule has 120 valence electrons. The van der Waals surface area contributed by atoms with E-state index in [1.165, 1.54) is 0 Å². The Morgan fingerprint density at radius 3 is 2.35 bits per heavy atom. The van der Waals surface area contributed by atoms with Gasteiger partial charge >= 0.3 is 0 Å². The van der Waals surface area contributed by atoms with Crippen LogP contribution in [0.5, 0.6) is 5.75 Å². The second-order valence-electron chi connectivity index (χ2n) is 5.14. The average molecular weight is 311 g/mol. The Morgan fingerprint density at radius 1 is 1.13 bits per heavy atom.